The van der Waals surface area contributed by atoms with Crippen LogP contribution in [0.2, 0.25) is 0 Å². The van der Waals surface area contributed by atoms with Gasteiger partial charge in [0, 0.05) is 6.04 Å². The van der Waals surface area contributed by atoms with Gasteiger partial charge in [-0.2, -0.15) is 5.26 Å². The minimum atomic E-state index is 0.139. The zero-order valence-corrected chi connectivity index (χ0v) is 7.38. The van der Waals surface area contributed by atoms with E-state index >= 15 is 0 Å². The Balaban J connectivity index is 2.38. The van der Waals surface area contributed by atoms with Gasteiger partial charge in [0.15, 0.2) is 0 Å². The molecule has 1 fully saturated rings. The molecule has 0 aromatic heterocycles. The SMILES string of the molecule is CCC(C#N)N(C)C1CCC1. The van der Waals surface area contributed by atoms with Crippen molar-refractivity contribution in [3.05, 3.63) is 0 Å². The summed E-state index contributed by atoms with van der Waals surface area (Å²) in [6.07, 6.45) is 4.86. The monoisotopic (exact) mass is 152 g/mol. The number of hydrogen-bond donors (Lipinski definition) is 0. The molecule has 0 amide bonds. The topological polar surface area (TPSA) is 27.0 Å². The summed E-state index contributed by atoms with van der Waals surface area (Å²) in [5.41, 5.74) is 0. The first-order chi connectivity index (χ1) is 5.29. The molecule has 2 nitrogen and oxygen atoms in total. The Morgan fingerprint density at radius 2 is 2.27 bits per heavy atom. The predicted octanol–water partition coefficient (Wildman–Crippen LogP) is 1.77. The first kappa shape index (κ1) is 8.55. The van der Waals surface area contributed by atoms with E-state index in [1.54, 1.807) is 0 Å². The first-order valence-electron chi connectivity index (χ1n) is 4.41. The number of nitrogens with zero attached hydrogens (tertiary/aromatic N) is 2. The summed E-state index contributed by atoms with van der Waals surface area (Å²) in [5, 5.41) is 8.77. The van der Waals surface area contributed by atoms with E-state index in [-0.39, 0.29) is 6.04 Å². The smallest absolute Gasteiger partial charge is 0.0975 e. The second-order valence-corrected chi connectivity index (χ2v) is 3.30. The molecule has 0 bridgehead atoms. The van der Waals surface area contributed by atoms with E-state index in [0.717, 1.165) is 6.42 Å². The Morgan fingerprint density at radius 3 is 2.55 bits per heavy atom. The summed E-state index contributed by atoms with van der Waals surface area (Å²) in [6, 6.07) is 3.16. The molecular weight excluding hydrogens is 136 g/mol. The van der Waals surface area contributed by atoms with Crippen LogP contribution in [0.5, 0.6) is 0 Å². The number of hydrogen-bond acceptors (Lipinski definition) is 2. The van der Waals surface area contributed by atoms with Crippen molar-refractivity contribution in [3.8, 4) is 6.07 Å². The van der Waals surface area contributed by atoms with Crippen molar-refractivity contribution in [2.45, 2.75) is 44.7 Å². The number of nitriles is 1. The second-order valence-electron chi connectivity index (χ2n) is 3.30. The Labute approximate surface area is 68.8 Å². The maximum atomic E-state index is 8.77. The molecule has 11 heavy (non-hydrogen) atoms. The summed E-state index contributed by atoms with van der Waals surface area (Å²) in [7, 11) is 2.07. The molecule has 1 unspecified atom stereocenters. The quantitative estimate of drug-likeness (QED) is 0.616. The summed E-state index contributed by atoms with van der Waals surface area (Å²) in [6.45, 7) is 2.07. The van der Waals surface area contributed by atoms with Crippen molar-refractivity contribution in [3.63, 3.8) is 0 Å². The van der Waals surface area contributed by atoms with Gasteiger partial charge in [0.05, 0.1) is 12.1 Å². The van der Waals surface area contributed by atoms with Crippen molar-refractivity contribution >= 4 is 0 Å². The van der Waals surface area contributed by atoms with Crippen molar-refractivity contribution in [1.82, 2.24) is 4.90 Å². The van der Waals surface area contributed by atoms with Gasteiger partial charge in [-0.05, 0) is 26.3 Å². The zero-order chi connectivity index (χ0) is 8.27. The summed E-state index contributed by atoms with van der Waals surface area (Å²) in [5.74, 6) is 0. The highest BCUT2D eigenvalue weighted by Crippen LogP contribution is 2.25. The van der Waals surface area contributed by atoms with Crippen molar-refractivity contribution < 1.29 is 0 Å². The van der Waals surface area contributed by atoms with Crippen LogP contribution in [0.15, 0.2) is 0 Å². The molecule has 1 aliphatic rings. The molecule has 0 heterocycles. The molecule has 1 saturated carbocycles. The molecule has 0 aliphatic heterocycles. The molecule has 0 radical (unpaired) electrons. The van der Waals surface area contributed by atoms with Crippen LogP contribution in [0.1, 0.15) is 32.6 Å². The van der Waals surface area contributed by atoms with E-state index in [4.69, 9.17) is 5.26 Å². The lowest BCUT2D eigenvalue weighted by Gasteiger charge is -2.37. The van der Waals surface area contributed by atoms with Gasteiger partial charge in [0.2, 0.25) is 0 Å². The highest BCUT2D eigenvalue weighted by Gasteiger charge is 2.26. The minimum Gasteiger partial charge on any atom is -0.288 e. The van der Waals surface area contributed by atoms with Crippen LogP contribution in [-0.4, -0.2) is 24.0 Å². The predicted molar refractivity (Wildman–Crippen MR) is 45.1 cm³/mol. The maximum absolute atomic E-state index is 8.77. The lowest BCUT2D eigenvalue weighted by molar-refractivity contribution is 0.132. The average molecular weight is 152 g/mol. The molecule has 62 valence electrons. The van der Waals surface area contributed by atoms with Gasteiger partial charge >= 0.3 is 0 Å². The van der Waals surface area contributed by atoms with Crippen LogP contribution < -0.4 is 0 Å². The average Bonchev–Trinajstić information content (AvgIpc) is 1.86. The van der Waals surface area contributed by atoms with Gasteiger partial charge < -0.3 is 0 Å². The lowest BCUT2D eigenvalue weighted by atomic mass is 9.90. The van der Waals surface area contributed by atoms with Gasteiger partial charge in [0.25, 0.3) is 0 Å². The fourth-order valence-corrected chi connectivity index (χ4v) is 1.52. The van der Waals surface area contributed by atoms with Gasteiger partial charge in [0.1, 0.15) is 0 Å². The van der Waals surface area contributed by atoms with Gasteiger partial charge in [-0.15, -0.1) is 0 Å². The van der Waals surface area contributed by atoms with Crippen molar-refractivity contribution in [1.29, 1.82) is 5.26 Å². The van der Waals surface area contributed by atoms with Crippen LogP contribution in [0.4, 0.5) is 0 Å². The third-order valence-electron chi connectivity index (χ3n) is 2.68. The van der Waals surface area contributed by atoms with Gasteiger partial charge in [-0.3, -0.25) is 4.90 Å². The highest BCUT2D eigenvalue weighted by atomic mass is 15.2. The molecular formula is C9H16N2. The van der Waals surface area contributed by atoms with Crippen LogP contribution in [-0.2, 0) is 0 Å². The fourth-order valence-electron chi connectivity index (χ4n) is 1.52. The molecule has 0 spiro atoms. The normalized spacial score (nSPS) is 20.9. The van der Waals surface area contributed by atoms with Crippen molar-refractivity contribution in [2.75, 3.05) is 7.05 Å². The third-order valence-corrected chi connectivity index (χ3v) is 2.68. The fraction of sp³-hybridized carbons (Fsp3) is 0.889. The van der Waals surface area contributed by atoms with E-state index in [9.17, 15) is 0 Å². The van der Waals surface area contributed by atoms with E-state index in [1.807, 2.05) is 0 Å². The van der Waals surface area contributed by atoms with E-state index < -0.39 is 0 Å². The summed E-state index contributed by atoms with van der Waals surface area (Å²) < 4.78 is 0. The molecule has 0 saturated heterocycles. The highest BCUT2D eigenvalue weighted by molar-refractivity contribution is 4.93. The Hall–Kier alpha value is -0.550. The maximum Gasteiger partial charge on any atom is 0.0975 e. The van der Waals surface area contributed by atoms with Crippen LogP contribution in [0.25, 0.3) is 0 Å². The summed E-state index contributed by atoms with van der Waals surface area (Å²) in [4.78, 5) is 2.23. The molecule has 1 atom stereocenters. The minimum absolute atomic E-state index is 0.139. The molecule has 1 rings (SSSR count). The molecule has 0 aromatic carbocycles. The number of rotatable bonds is 3. The van der Waals surface area contributed by atoms with Crippen molar-refractivity contribution in [2.24, 2.45) is 0 Å². The lowest BCUT2D eigenvalue weighted by Crippen LogP contribution is -2.43. The first-order valence-corrected chi connectivity index (χ1v) is 4.41. The van der Waals surface area contributed by atoms with Crippen LogP contribution >= 0.6 is 0 Å². The second kappa shape index (κ2) is 3.73. The Kier molecular flexibility index (Phi) is 2.90. The van der Waals surface area contributed by atoms with Gasteiger partial charge in [-0.1, -0.05) is 13.3 Å². The Bertz CT molecular complexity index is 155. The van der Waals surface area contributed by atoms with Crippen LogP contribution in [0.3, 0.4) is 0 Å². The molecule has 1 aliphatic carbocycles. The zero-order valence-electron chi connectivity index (χ0n) is 7.38. The standard InChI is InChI=1S/C9H16N2/c1-3-8(7-10)11(2)9-5-4-6-9/h8-9H,3-6H2,1-2H3. The van der Waals surface area contributed by atoms with Gasteiger partial charge in [-0.25, -0.2) is 0 Å². The molecule has 0 aromatic rings. The third kappa shape index (κ3) is 1.72. The summed E-state index contributed by atoms with van der Waals surface area (Å²) >= 11 is 0. The molecule has 0 N–H and O–H groups in total. The Morgan fingerprint density at radius 1 is 1.64 bits per heavy atom. The van der Waals surface area contributed by atoms with E-state index in [0.29, 0.717) is 6.04 Å². The van der Waals surface area contributed by atoms with E-state index in [2.05, 4.69) is 24.9 Å². The largest absolute Gasteiger partial charge is 0.288 e. The van der Waals surface area contributed by atoms with E-state index in [1.165, 1.54) is 19.3 Å². The van der Waals surface area contributed by atoms with Crippen LogP contribution in [0, 0.1) is 11.3 Å². The molecule has 2 heteroatoms.